The molecule has 1 saturated heterocycles. The fourth-order valence-electron chi connectivity index (χ4n) is 2.26. The van der Waals surface area contributed by atoms with E-state index < -0.39 is 0 Å². The molecule has 0 aromatic heterocycles. The largest absolute Gasteiger partial charge is 0.339 e. The summed E-state index contributed by atoms with van der Waals surface area (Å²) in [6.45, 7) is 5.32. The van der Waals surface area contributed by atoms with Crippen LogP contribution in [0.2, 0.25) is 0 Å². The van der Waals surface area contributed by atoms with Crippen molar-refractivity contribution < 1.29 is 9.59 Å². The molecule has 1 heterocycles. The van der Waals surface area contributed by atoms with Gasteiger partial charge >= 0.3 is 0 Å². The molecular formula is C16H23N3O2S. The van der Waals surface area contributed by atoms with Crippen molar-refractivity contribution in [3.63, 3.8) is 0 Å². The summed E-state index contributed by atoms with van der Waals surface area (Å²) in [6, 6.07) is 7.84. The van der Waals surface area contributed by atoms with Gasteiger partial charge < -0.3 is 15.5 Å². The summed E-state index contributed by atoms with van der Waals surface area (Å²) in [5, 5.41) is 6.07. The van der Waals surface area contributed by atoms with Crippen LogP contribution >= 0.6 is 11.8 Å². The van der Waals surface area contributed by atoms with Gasteiger partial charge in [-0.25, -0.2) is 0 Å². The van der Waals surface area contributed by atoms with Crippen LogP contribution in [0.4, 0.5) is 5.69 Å². The third-order valence-electron chi connectivity index (χ3n) is 3.57. The lowest BCUT2D eigenvalue weighted by atomic mass is 10.1. The molecule has 2 amide bonds. The van der Waals surface area contributed by atoms with Crippen LogP contribution in [-0.2, 0) is 16.0 Å². The molecule has 1 fully saturated rings. The normalized spacial score (nSPS) is 14.7. The summed E-state index contributed by atoms with van der Waals surface area (Å²) in [5.74, 6) is 0.712. The van der Waals surface area contributed by atoms with Gasteiger partial charge in [-0.2, -0.15) is 0 Å². The van der Waals surface area contributed by atoms with Crippen molar-refractivity contribution in [3.05, 3.63) is 29.8 Å². The van der Waals surface area contributed by atoms with Crippen LogP contribution in [0.15, 0.2) is 24.3 Å². The van der Waals surface area contributed by atoms with E-state index in [2.05, 4.69) is 17.6 Å². The zero-order valence-corrected chi connectivity index (χ0v) is 13.7. The number of amides is 2. The maximum atomic E-state index is 12.0. The second kappa shape index (κ2) is 8.80. The standard InChI is InChI=1S/C16H23N3O2S/c1-2-13-3-5-14(6-4-13)18-15(20)11-22-12-16(21)19-9-7-17-8-10-19/h3-6,17H,2,7-12H2,1H3,(H,18,20). The Hall–Kier alpha value is -1.53. The molecule has 5 nitrogen and oxygen atoms in total. The zero-order chi connectivity index (χ0) is 15.8. The first kappa shape index (κ1) is 16.8. The number of anilines is 1. The Morgan fingerprint density at radius 3 is 2.50 bits per heavy atom. The third kappa shape index (κ3) is 5.35. The Bertz CT molecular complexity index is 499. The van der Waals surface area contributed by atoms with Gasteiger partial charge in [0.25, 0.3) is 0 Å². The molecule has 2 rings (SSSR count). The van der Waals surface area contributed by atoms with E-state index >= 15 is 0 Å². The van der Waals surface area contributed by atoms with Crippen molar-refractivity contribution in [1.82, 2.24) is 10.2 Å². The number of nitrogens with zero attached hydrogens (tertiary/aromatic N) is 1. The van der Waals surface area contributed by atoms with Crippen LogP contribution in [0.3, 0.4) is 0 Å². The lowest BCUT2D eigenvalue weighted by Gasteiger charge is -2.27. The molecule has 6 heteroatoms. The molecule has 1 aliphatic rings. The summed E-state index contributed by atoms with van der Waals surface area (Å²) in [5.41, 5.74) is 2.05. The highest BCUT2D eigenvalue weighted by atomic mass is 32.2. The number of hydrogen-bond donors (Lipinski definition) is 2. The maximum Gasteiger partial charge on any atom is 0.234 e. The van der Waals surface area contributed by atoms with Crippen LogP contribution < -0.4 is 10.6 Å². The van der Waals surface area contributed by atoms with Crippen LogP contribution in [0, 0.1) is 0 Å². The van der Waals surface area contributed by atoms with Crippen LogP contribution in [0.5, 0.6) is 0 Å². The zero-order valence-electron chi connectivity index (χ0n) is 12.9. The second-order valence-electron chi connectivity index (χ2n) is 5.22. The van der Waals surface area contributed by atoms with Gasteiger partial charge in [-0.05, 0) is 24.1 Å². The molecule has 22 heavy (non-hydrogen) atoms. The summed E-state index contributed by atoms with van der Waals surface area (Å²) < 4.78 is 0. The molecule has 0 saturated carbocycles. The van der Waals surface area contributed by atoms with Gasteiger partial charge in [-0.15, -0.1) is 11.8 Å². The fourth-order valence-corrected chi connectivity index (χ4v) is 2.97. The molecule has 0 spiro atoms. The van der Waals surface area contributed by atoms with E-state index in [1.165, 1.54) is 17.3 Å². The Kier molecular flexibility index (Phi) is 6.74. The average molecular weight is 321 g/mol. The van der Waals surface area contributed by atoms with E-state index in [0.29, 0.717) is 11.5 Å². The average Bonchev–Trinajstić information content (AvgIpc) is 2.56. The van der Waals surface area contributed by atoms with Crippen LogP contribution in [0.1, 0.15) is 12.5 Å². The van der Waals surface area contributed by atoms with E-state index in [-0.39, 0.29) is 11.8 Å². The first-order chi connectivity index (χ1) is 10.7. The highest BCUT2D eigenvalue weighted by Crippen LogP contribution is 2.11. The molecule has 1 aromatic rings. The monoisotopic (exact) mass is 321 g/mol. The van der Waals surface area contributed by atoms with Gasteiger partial charge in [0.1, 0.15) is 0 Å². The summed E-state index contributed by atoms with van der Waals surface area (Å²) in [7, 11) is 0. The molecule has 0 aliphatic carbocycles. The highest BCUT2D eigenvalue weighted by molar-refractivity contribution is 8.00. The number of rotatable bonds is 6. The highest BCUT2D eigenvalue weighted by Gasteiger charge is 2.16. The lowest BCUT2D eigenvalue weighted by molar-refractivity contribution is -0.128. The Morgan fingerprint density at radius 2 is 1.86 bits per heavy atom. The lowest BCUT2D eigenvalue weighted by Crippen LogP contribution is -2.47. The number of thioether (sulfide) groups is 1. The Balaban J connectivity index is 1.67. The molecule has 0 unspecified atom stereocenters. The molecule has 0 bridgehead atoms. The number of carbonyl (C=O) groups is 2. The van der Waals surface area contributed by atoms with Crippen molar-refractivity contribution in [2.75, 3.05) is 43.0 Å². The summed E-state index contributed by atoms with van der Waals surface area (Å²) in [4.78, 5) is 25.7. The van der Waals surface area contributed by atoms with Crippen LogP contribution in [-0.4, -0.2) is 54.4 Å². The van der Waals surface area contributed by atoms with Gasteiger partial charge in [-0.1, -0.05) is 19.1 Å². The van der Waals surface area contributed by atoms with Gasteiger partial charge in [0.15, 0.2) is 0 Å². The summed E-state index contributed by atoms with van der Waals surface area (Å²) >= 11 is 1.37. The van der Waals surface area contributed by atoms with Crippen molar-refractivity contribution in [1.29, 1.82) is 0 Å². The predicted octanol–water partition coefficient (Wildman–Crippen LogP) is 1.35. The SMILES string of the molecule is CCc1ccc(NC(=O)CSCC(=O)N2CCNCC2)cc1. The number of aryl methyl sites for hydroxylation is 1. The minimum Gasteiger partial charge on any atom is -0.339 e. The van der Waals surface area contributed by atoms with Gasteiger partial charge in [-0.3, -0.25) is 9.59 Å². The van der Waals surface area contributed by atoms with E-state index in [1.54, 1.807) is 0 Å². The first-order valence-electron chi connectivity index (χ1n) is 7.64. The molecule has 120 valence electrons. The number of piperazine rings is 1. The van der Waals surface area contributed by atoms with E-state index in [4.69, 9.17) is 0 Å². The van der Waals surface area contributed by atoms with Gasteiger partial charge in [0, 0.05) is 31.9 Å². The van der Waals surface area contributed by atoms with Crippen molar-refractivity contribution in [2.45, 2.75) is 13.3 Å². The van der Waals surface area contributed by atoms with Crippen molar-refractivity contribution in [2.24, 2.45) is 0 Å². The smallest absolute Gasteiger partial charge is 0.234 e. The second-order valence-corrected chi connectivity index (χ2v) is 6.21. The number of hydrogen-bond acceptors (Lipinski definition) is 4. The Morgan fingerprint density at radius 1 is 1.18 bits per heavy atom. The molecular weight excluding hydrogens is 298 g/mol. The Labute approximate surface area is 135 Å². The molecule has 0 radical (unpaired) electrons. The fraction of sp³-hybridized carbons (Fsp3) is 0.500. The third-order valence-corrected chi connectivity index (χ3v) is 4.49. The van der Waals surface area contributed by atoms with Gasteiger partial charge in [0.05, 0.1) is 11.5 Å². The van der Waals surface area contributed by atoms with Gasteiger partial charge in [0.2, 0.25) is 11.8 Å². The van der Waals surface area contributed by atoms with E-state index in [0.717, 1.165) is 38.3 Å². The number of benzene rings is 1. The quantitative estimate of drug-likeness (QED) is 0.830. The predicted molar refractivity (Wildman–Crippen MR) is 91.2 cm³/mol. The number of carbonyl (C=O) groups excluding carboxylic acids is 2. The summed E-state index contributed by atoms with van der Waals surface area (Å²) in [6.07, 6.45) is 0.984. The first-order valence-corrected chi connectivity index (χ1v) is 8.79. The molecule has 1 aromatic carbocycles. The van der Waals surface area contributed by atoms with Crippen molar-refractivity contribution in [3.8, 4) is 0 Å². The minimum atomic E-state index is -0.0673. The topological polar surface area (TPSA) is 61.4 Å². The van der Waals surface area contributed by atoms with E-state index in [1.807, 2.05) is 29.2 Å². The molecule has 2 N–H and O–H groups in total. The van der Waals surface area contributed by atoms with Crippen molar-refractivity contribution >= 4 is 29.3 Å². The maximum absolute atomic E-state index is 12.0. The minimum absolute atomic E-state index is 0.0673. The molecule has 1 aliphatic heterocycles. The molecule has 0 atom stereocenters. The number of nitrogens with one attached hydrogen (secondary N) is 2. The van der Waals surface area contributed by atoms with E-state index in [9.17, 15) is 9.59 Å². The van der Waals surface area contributed by atoms with Crippen LogP contribution in [0.25, 0.3) is 0 Å².